The van der Waals surface area contributed by atoms with Gasteiger partial charge < -0.3 is 19.0 Å². The van der Waals surface area contributed by atoms with Crippen molar-refractivity contribution in [2.45, 2.75) is 58.2 Å². The number of benzene rings is 1. The number of rotatable bonds is 7. The molecular formula is C19H27NO4. The molecule has 0 aliphatic carbocycles. The molecule has 0 amide bonds. The highest BCUT2D eigenvalue weighted by atomic mass is 16.7. The summed E-state index contributed by atoms with van der Waals surface area (Å²) in [4.78, 5) is 5.69. The van der Waals surface area contributed by atoms with E-state index in [-0.39, 0.29) is 11.7 Å². The van der Waals surface area contributed by atoms with Crippen LogP contribution in [0, 0.1) is 0 Å². The second kappa shape index (κ2) is 7.43. The zero-order valence-corrected chi connectivity index (χ0v) is 14.8. The Hall–Kier alpha value is -1.75. The summed E-state index contributed by atoms with van der Waals surface area (Å²) in [6, 6.07) is 6.01. The number of ether oxygens (including phenoxy) is 3. The quantitative estimate of drug-likeness (QED) is 0.709. The van der Waals surface area contributed by atoms with E-state index in [0.717, 1.165) is 55.1 Å². The molecule has 5 nitrogen and oxygen atoms in total. The van der Waals surface area contributed by atoms with Gasteiger partial charge in [0.05, 0.1) is 31.6 Å². The van der Waals surface area contributed by atoms with Crippen LogP contribution in [-0.4, -0.2) is 37.2 Å². The number of oxime groups is 1. The summed E-state index contributed by atoms with van der Waals surface area (Å²) in [5.74, 6) is 1.56. The highest BCUT2D eigenvalue weighted by molar-refractivity contribution is 6.02. The Labute approximate surface area is 143 Å². The predicted octanol–water partition coefficient (Wildman–Crippen LogP) is 3.94. The maximum Gasteiger partial charge on any atom is 0.168 e. The monoisotopic (exact) mass is 333 g/mol. The molecule has 0 aromatic heterocycles. The Morgan fingerprint density at radius 1 is 1.29 bits per heavy atom. The molecule has 1 atom stereocenters. The van der Waals surface area contributed by atoms with Crippen LogP contribution < -0.4 is 9.47 Å². The van der Waals surface area contributed by atoms with Crippen molar-refractivity contribution in [2.75, 3.05) is 19.8 Å². The second-order valence-corrected chi connectivity index (χ2v) is 6.82. The number of unbranched alkanes of at least 4 members (excludes halogenated alkanes) is 1. The maximum atomic E-state index is 5.95. The van der Waals surface area contributed by atoms with Crippen molar-refractivity contribution in [3.8, 4) is 11.5 Å². The van der Waals surface area contributed by atoms with Crippen LogP contribution in [0.2, 0.25) is 0 Å². The van der Waals surface area contributed by atoms with Crippen molar-refractivity contribution in [1.82, 2.24) is 0 Å². The average Bonchev–Trinajstić information content (AvgIpc) is 3.19. The third-order valence-corrected chi connectivity index (χ3v) is 4.30. The van der Waals surface area contributed by atoms with Crippen molar-refractivity contribution in [1.29, 1.82) is 0 Å². The van der Waals surface area contributed by atoms with Crippen LogP contribution in [-0.2, 0) is 9.57 Å². The van der Waals surface area contributed by atoms with Gasteiger partial charge in [0.2, 0.25) is 0 Å². The van der Waals surface area contributed by atoms with Gasteiger partial charge in [-0.05, 0) is 38.5 Å². The summed E-state index contributed by atoms with van der Waals surface area (Å²) < 4.78 is 17.3. The molecule has 132 valence electrons. The molecule has 1 saturated heterocycles. The summed E-state index contributed by atoms with van der Waals surface area (Å²) in [5, 5.41) is 4.31. The molecule has 2 heterocycles. The fraction of sp³-hybridized carbons (Fsp3) is 0.632. The lowest BCUT2D eigenvalue weighted by Gasteiger charge is -2.18. The molecule has 0 bridgehead atoms. The molecule has 2 aliphatic rings. The highest BCUT2D eigenvalue weighted by Crippen LogP contribution is 2.36. The molecular weight excluding hydrogens is 306 g/mol. The summed E-state index contributed by atoms with van der Waals surface area (Å²) in [6.45, 7) is 8.24. The zero-order valence-electron chi connectivity index (χ0n) is 14.8. The maximum absolute atomic E-state index is 5.95. The summed E-state index contributed by atoms with van der Waals surface area (Å²) in [5.41, 5.74) is 1.73. The summed E-state index contributed by atoms with van der Waals surface area (Å²) >= 11 is 0. The molecule has 0 saturated carbocycles. The van der Waals surface area contributed by atoms with E-state index in [9.17, 15) is 0 Å². The Morgan fingerprint density at radius 2 is 2.17 bits per heavy atom. The number of hydrogen-bond donors (Lipinski definition) is 0. The Kier molecular flexibility index (Phi) is 5.29. The van der Waals surface area contributed by atoms with Gasteiger partial charge in [0.15, 0.2) is 17.1 Å². The molecule has 1 fully saturated rings. The van der Waals surface area contributed by atoms with Gasteiger partial charge in [-0.15, -0.1) is 0 Å². The van der Waals surface area contributed by atoms with Crippen LogP contribution in [0.15, 0.2) is 23.4 Å². The Balaban J connectivity index is 1.77. The minimum Gasteiger partial charge on any atom is -0.490 e. The SMILES string of the molecule is CCCCOc1cc(C2=NOC3(CCOC3)C2)ccc1OC(C)C. The summed E-state index contributed by atoms with van der Waals surface area (Å²) in [7, 11) is 0. The molecule has 1 unspecified atom stereocenters. The third-order valence-electron chi connectivity index (χ3n) is 4.30. The molecule has 1 aromatic rings. The molecule has 0 N–H and O–H groups in total. The molecule has 0 radical (unpaired) electrons. The van der Waals surface area contributed by atoms with Crippen LogP contribution in [0.1, 0.15) is 52.0 Å². The summed E-state index contributed by atoms with van der Waals surface area (Å²) in [6.07, 6.45) is 3.91. The lowest BCUT2D eigenvalue weighted by Crippen LogP contribution is -2.29. The van der Waals surface area contributed by atoms with E-state index in [1.807, 2.05) is 32.0 Å². The number of hydrogen-bond acceptors (Lipinski definition) is 5. The van der Waals surface area contributed by atoms with Crippen LogP contribution in [0.3, 0.4) is 0 Å². The van der Waals surface area contributed by atoms with E-state index in [1.54, 1.807) is 0 Å². The number of nitrogens with zero attached hydrogens (tertiary/aromatic N) is 1. The van der Waals surface area contributed by atoms with E-state index < -0.39 is 0 Å². The molecule has 2 aliphatic heterocycles. The minimum absolute atomic E-state index is 0.107. The zero-order chi connectivity index (χ0) is 17.0. The van der Waals surface area contributed by atoms with Gasteiger partial charge in [0.1, 0.15) is 0 Å². The van der Waals surface area contributed by atoms with Gasteiger partial charge in [0.25, 0.3) is 0 Å². The first kappa shape index (κ1) is 17.1. The van der Waals surface area contributed by atoms with Crippen molar-refractivity contribution in [3.63, 3.8) is 0 Å². The van der Waals surface area contributed by atoms with Crippen LogP contribution in [0.4, 0.5) is 0 Å². The molecule has 5 heteroatoms. The van der Waals surface area contributed by atoms with E-state index in [4.69, 9.17) is 19.0 Å². The fourth-order valence-electron chi connectivity index (χ4n) is 2.95. The van der Waals surface area contributed by atoms with E-state index in [1.165, 1.54) is 0 Å². The first-order chi connectivity index (χ1) is 11.6. The van der Waals surface area contributed by atoms with Crippen LogP contribution >= 0.6 is 0 Å². The van der Waals surface area contributed by atoms with Crippen molar-refractivity contribution < 1.29 is 19.0 Å². The van der Waals surface area contributed by atoms with Crippen molar-refractivity contribution in [2.24, 2.45) is 5.16 Å². The van der Waals surface area contributed by atoms with Gasteiger partial charge in [-0.3, -0.25) is 0 Å². The Morgan fingerprint density at radius 3 is 2.88 bits per heavy atom. The van der Waals surface area contributed by atoms with Crippen LogP contribution in [0.5, 0.6) is 11.5 Å². The standard InChI is InChI=1S/C19H27NO4/c1-4-5-9-22-18-11-15(6-7-17(18)23-14(2)3)16-12-19(24-20-16)8-10-21-13-19/h6-7,11,14H,4-5,8-10,12-13H2,1-3H3. The smallest absolute Gasteiger partial charge is 0.168 e. The van der Waals surface area contributed by atoms with E-state index in [0.29, 0.717) is 13.2 Å². The van der Waals surface area contributed by atoms with Crippen molar-refractivity contribution in [3.05, 3.63) is 23.8 Å². The van der Waals surface area contributed by atoms with Gasteiger partial charge in [0, 0.05) is 18.4 Å². The fourth-order valence-corrected chi connectivity index (χ4v) is 2.95. The molecule has 24 heavy (non-hydrogen) atoms. The van der Waals surface area contributed by atoms with Gasteiger partial charge in [-0.1, -0.05) is 18.5 Å². The third kappa shape index (κ3) is 3.83. The molecule has 1 aromatic carbocycles. The highest BCUT2D eigenvalue weighted by Gasteiger charge is 2.43. The Bertz CT molecular complexity index is 591. The van der Waals surface area contributed by atoms with Gasteiger partial charge >= 0.3 is 0 Å². The van der Waals surface area contributed by atoms with Gasteiger partial charge in [-0.25, -0.2) is 0 Å². The first-order valence-electron chi connectivity index (χ1n) is 8.88. The van der Waals surface area contributed by atoms with Crippen molar-refractivity contribution >= 4 is 5.71 Å². The van der Waals surface area contributed by atoms with Crippen LogP contribution in [0.25, 0.3) is 0 Å². The minimum atomic E-state index is -0.258. The second-order valence-electron chi connectivity index (χ2n) is 6.82. The lowest BCUT2D eigenvalue weighted by molar-refractivity contribution is -0.0237. The first-order valence-corrected chi connectivity index (χ1v) is 8.88. The van der Waals surface area contributed by atoms with Gasteiger partial charge in [-0.2, -0.15) is 0 Å². The molecule has 3 rings (SSSR count). The van der Waals surface area contributed by atoms with E-state index in [2.05, 4.69) is 12.1 Å². The van der Waals surface area contributed by atoms with E-state index >= 15 is 0 Å². The normalized spacial score (nSPS) is 22.8. The predicted molar refractivity (Wildman–Crippen MR) is 93.0 cm³/mol. The molecule has 1 spiro atoms. The largest absolute Gasteiger partial charge is 0.490 e. The average molecular weight is 333 g/mol. The lowest BCUT2D eigenvalue weighted by atomic mass is 9.93. The topological polar surface area (TPSA) is 49.3 Å².